The average molecular weight is 432 g/mol. The van der Waals surface area contributed by atoms with E-state index >= 15 is 0 Å². The minimum atomic E-state index is -0.752. The summed E-state index contributed by atoms with van der Waals surface area (Å²) < 4.78 is 16.2. The first-order valence-electron chi connectivity index (χ1n) is 8.67. The highest BCUT2D eigenvalue weighted by molar-refractivity contribution is 7.99. The van der Waals surface area contributed by atoms with E-state index in [9.17, 15) is 9.59 Å². The number of thiophene rings is 1. The van der Waals surface area contributed by atoms with E-state index in [1.807, 2.05) is 17.5 Å². The second kappa shape index (κ2) is 8.53. The number of rotatable bonds is 7. The van der Waals surface area contributed by atoms with Crippen molar-refractivity contribution in [1.82, 2.24) is 20.8 Å². The number of nitrogens with zero attached hydrogens (tertiary/aromatic N) is 2. The predicted molar refractivity (Wildman–Crippen MR) is 105 cm³/mol. The average Bonchev–Trinajstić information content (AvgIpc) is 3.48. The maximum atomic E-state index is 12.6. The van der Waals surface area contributed by atoms with Crippen LogP contribution in [0.4, 0.5) is 4.79 Å². The predicted octanol–water partition coefficient (Wildman–Crippen LogP) is 3.35. The highest BCUT2D eigenvalue weighted by Crippen LogP contribution is 2.32. The van der Waals surface area contributed by atoms with Crippen molar-refractivity contribution in [2.75, 3.05) is 12.4 Å². The molecule has 1 aliphatic rings. The second-order valence-electron chi connectivity index (χ2n) is 5.80. The summed E-state index contributed by atoms with van der Waals surface area (Å²) in [5.74, 6) is 0.542. The zero-order valence-electron chi connectivity index (χ0n) is 15.2. The number of aromatic nitrogens is 2. The van der Waals surface area contributed by atoms with Crippen LogP contribution < -0.4 is 10.6 Å². The molecule has 1 aliphatic heterocycles. The first kappa shape index (κ1) is 19.3. The van der Waals surface area contributed by atoms with E-state index in [1.165, 1.54) is 29.4 Å². The molecular formula is C18H16N4O5S2. The lowest BCUT2D eigenvalue weighted by atomic mass is 10.0. The monoisotopic (exact) mass is 432 g/mol. The lowest BCUT2D eigenvalue weighted by molar-refractivity contribution is -0.139. The molecule has 0 aliphatic carbocycles. The van der Waals surface area contributed by atoms with Crippen molar-refractivity contribution in [2.24, 2.45) is 0 Å². The molecular weight excluding hydrogens is 416 g/mol. The Morgan fingerprint density at radius 2 is 2.24 bits per heavy atom. The molecule has 4 rings (SSSR count). The van der Waals surface area contributed by atoms with E-state index in [2.05, 4.69) is 20.8 Å². The summed E-state index contributed by atoms with van der Waals surface area (Å²) in [5, 5.41) is 15.7. The van der Waals surface area contributed by atoms with Gasteiger partial charge in [0.1, 0.15) is 11.8 Å². The van der Waals surface area contributed by atoms with Gasteiger partial charge in [-0.05, 0) is 30.5 Å². The Hall–Kier alpha value is -3.05. The SMILES string of the molecule is CCOC(=O)C1=C(CSc2nnc(-c3cccs3)o2)NC(=O)NC1c1ccco1. The zero-order chi connectivity index (χ0) is 20.2. The Morgan fingerprint density at radius 3 is 2.97 bits per heavy atom. The third kappa shape index (κ3) is 4.20. The Bertz CT molecular complexity index is 1030. The number of amides is 2. The molecule has 2 N–H and O–H groups in total. The molecule has 3 aromatic rings. The molecule has 150 valence electrons. The van der Waals surface area contributed by atoms with Gasteiger partial charge in [0.05, 0.1) is 23.3 Å². The van der Waals surface area contributed by atoms with Gasteiger partial charge in [0, 0.05) is 11.4 Å². The van der Waals surface area contributed by atoms with Gasteiger partial charge in [0.25, 0.3) is 11.1 Å². The molecule has 9 nitrogen and oxygen atoms in total. The van der Waals surface area contributed by atoms with Crippen LogP contribution in [0.1, 0.15) is 18.7 Å². The summed E-state index contributed by atoms with van der Waals surface area (Å²) in [7, 11) is 0. The highest BCUT2D eigenvalue weighted by atomic mass is 32.2. The van der Waals surface area contributed by atoms with Crippen molar-refractivity contribution in [3.63, 3.8) is 0 Å². The fraction of sp³-hybridized carbons (Fsp3) is 0.222. The van der Waals surface area contributed by atoms with Crippen molar-refractivity contribution < 1.29 is 23.2 Å². The standard InChI is InChI=1S/C18H16N4O5S2/c1-2-25-16(23)13-10(19-17(24)20-14(13)11-5-3-7-26-11)9-29-18-22-21-15(27-18)12-6-4-8-28-12/h3-8,14H,2,9H2,1H3,(H2,19,20,24). The van der Waals surface area contributed by atoms with Gasteiger partial charge < -0.3 is 24.2 Å². The molecule has 0 aromatic carbocycles. The third-order valence-corrected chi connectivity index (χ3v) is 5.66. The molecule has 3 aromatic heterocycles. The van der Waals surface area contributed by atoms with Gasteiger partial charge in [-0.1, -0.05) is 17.8 Å². The number of furan rings is 1. The summed E-state index contributed by atoms with van der Waals surface area (Å²) in [4.78, 5) is 25.7. The Morgan fingerprint density at radius 1 is 1.34 bits per heavy atom. The second-order valence-corrected chi connectivity index (χ2v) is 7.67. The lowest BCUT2D eigenvalue weighted by Gasteiger charge is -2.27. The van der Waals surface area contributed by atoms with Crippen molar-refractivity contribution in [3.8, 4) is 10.8 Å². The third-order valence-electron chi connectivity index (χ3n) is 3.96. The van der Waals surface area contributed by atoms with Crippen molar-refractivity contribution in [1.29, 1.82) is 0 Å². The van der Waals surface area contributed by atoms with E-state index in [0.717, 1.165) is 4.88 Å². The van der Waals surface area contributed by atoms with E-state index in [4.69, 9.17) is 13.6 Å². The number of ether oxygens (including phenoxy) is 1. The first-order chi connectivity index (χ1) is 14.2. The Balaban J connectivity index is 1.60. The van der Waals surface area contributed by atoms with Crippen LogP contribution in [-0.4, -0.2) is 34.6 Å². The number of nitrogens with one attached hydrogen (secondary N) is 2. The summed E-state index contributed by atoms with van der Waals surface area (Å²) in [6.07, 6.45) is 1.48. The molecule has 29 heavy (non-hydrogen) atoms. The fourth-order valence-corrected chi connectivity index (χ4v) is 4.13. The summed E-state index contributed by atoms with van der Waals surface area (Å²) >= 11 is 2.70. The van der Waals surface area contributed by atoms with Crippen molar-refractivity contribution >= 4 is 35.1 Å². The van der Waals surface area contributed by atoms with Crippen molar-refractivity contribution in [2.45, 2.75) is 18.2 Å². The van der Waals surface area contributed by atoms with Crippen LogP contribution in [0.25, 0.3) is 10.8 Å². The van der Waals surface area contributed by atoms with E-state index in [1.54, 1.807) is 19.1 Å². The summed E-state index contributed by atoms with van der Waals surface area (Å²) in [6.45, 7) is 1.92. The number of esters is 1. The molecule has 0 saturated carbocycles. The van der Waals surface area contributed by atoms with Gasteiger partial charge in [0.2, 0.25) is 0 Å². The van der Waals surface area contributed by atoms with Crippen LogP contribution in [0.3, 0.4) is 0 Å². The minimum absolute atomic E-state index is 0.204. The quantitative estimate of drug-likeness (QED) is 0.431. The zero-order valence-corrected chi connectivity index (χ0v) is 16.8. The molecule has 2 amide bonds. The van der Waals surface area contributed by atoms with Gasteiger partial charge >= 0.3 is 12.0 Å². The smallest absolute Gasteiger partial charge is 0.338 e. The van der Waals surface area contributed by atoms with Gasteiger partial charge in [-0.15, -0.1) is 21.5 Å². The topological polar surface area (TPSA) is 119 Å². The lowest BCUT2D eigenvalue weighted by Crippen LogP contribution is -2.46. The van der Waals surface area contributed by atoms with E-state index in [0.29, 0.717) is 22.6 Å². The van der Waals surface area contributed by atoms with Gasteiger partial charge in [-0.2, -0.15) is 0 Å². The Kier molecular flexibility index (Phi) is 5.67. The molecule has 1 unspecified atom stereocenters. The highest BCUT2D eigenvalue weighted by Gasteiger charge is 2.35. The van der Waals surface area contributed by atoms with Crippen LogP contribution in [0.15, 0.2) is 61.2 Å². The normalized spacial score (nSPS) is 16.4. The van der Waals surface area contributed by atoms with Crippen LogP contribution in [0.2, 0.25) is 0 Å². The van der Waals surface area contributed by atoms with Gasteiger partial charge in [-0.3, -0.25) is 0 Å². The number of carbonyl (C=O) groups excluding carboxylic acids is 2. The maximum Gasteiger partial charge on any atom is 0.338 e. The molecule has 0 spiro atoms. The van der Waals surface area contributed by atoms with Crippen LogP contribution >= 0.6 is 23.1 Å². The van der Waals surface area contributed by atoms with Crippen LogP contribution in [-0.2, 0) is 9.53 Å². The number of thioether (sulfide) groups is 1. The molecule has 0 fully saturated rings. The maximum absolute atomic E-state index is 12.6. The molecule has 4 heterocycles. The van der Waals surface area contributed by atoms with E-state index in [-0.39, 0.29) is 17.9 Å². The Labute approximate surface area is 173 Å². The molecule has 0 saturated heterocycles. The summed E-state index contributed by atoms with van der Waals surface area (Å²) in [5.41, 5.74) is 0.668. The summed E-state index contributed by atoms with van der Waals surface area (Å²) in [6, 6.07) is 5.95. The van der Waals surface area contributed by atoms with Gasteiger partial charge in [0.15, 0.2) is 0 Å². The van der Waals surface area contributed by atoms with Gasteiger partial charge in [-0.25, -0.2) is 9.59 Å². The number of hydrogen-bond acceptors (Lipinski definition) is 9. The molecule has 11 heteroatoms. The van der Waals surface area contributed by atoms with E-state index < -0.39 is 18.0 Å². The first-order valence-corrected chi connectivity index (χ1v) is 10.5. The minimum Gasteiger partial charge on any atom is -0.467 e. The van der Waals surface area contributed by atoms with Crippen molar-refractivity contribution in [3.05, 3.63) is 52.9 Å². The fourth-order valence-electron chi connectivity index (χ4n) is 2.75. The molecule has 0 radical (unpaired) electrons. The molecule has 0 bridgehead atoms. The van der Waals surface area contributed by atoms with Crippen LogP contribution in [0, 0.1) is 0 Å². The molecule has 1 atom stereocenters. The largest absolute Gasteiger partial charge is 0.467 e. The number of urea groups is 1. The van der Waals surface area contributed by atoms with Crippen LogP contribution in [0.5, 0.6) is 0 Å². The number of carbonyl (C=O) groups is 2. The number of hydrogen-bond donors (Lipinski definition) is 2.